The molecule has 2 aromatic rings. The highest BCUT2D eigenvalue weighted by molar-refractivity contribution is 6.31. The first-order valence-corrected chi connectivity index (χ1v) is 6.37. The average molecular weight is 319 g/mol. The predicted octanol–water partition coefficient (Wildman–Crippen LogP) is 4.74. The molecule has 2 rings (SSSR count). The monoisotopic (exact) mass is 318 g/mol. The van der Waals surface area contributed by atoms with E-state index in [0.29, 0.717) is 5.56 Å². The molecule has 112 valence electrons. The molecule has 0 aliphatic carbocycles. The van der Waals surface area contributed by atoms with Crippen molar-refractivity contribution >= 4 is 17.3 Å². The van der Waals surface area contributed by atoms with Crippen molar-refractivity contribution in [2.24, 2.45) is 0 Å². The standard InChI is InChI=1S/C14H11ClF4N2/c1-14(18,19)11-5-2-8(7-21-11)6-20-10-4-3-9(16)12(15)13(10)17/h2-5,7,20H,6H2,1H3. The Hall–Kier alpha value is -1.82. The molecule has 0 fully saturated rings. The lowest BCUT2D eigenvalue weighted by molar-refractivity contribution is 0.0127. The lowest BCUT2D eigenvalue weighted by atomic mass is 10.2. The van der Waals surface area contributed by atoms with Crippen LogP contribution in [-0.4, -0.2) is 4.98 Å². The summed E-state index contributed by atoms with van der Waals surface area (Å²) in [6.07, 6.45) is 1.27. The van der Waals surface area contributed by atoms with Gasteiger partial charge in [-0.25, -0.2) is 8.78 Å². The summed E-state index contributed by atoms with van der Waals surface area (Å²) in [5.41, 5.74) is 0.247. The summed E-state index contributed by atoms with van der Waals surface area (Å²) in [4.78, 5) is 3.65. The van der Waals surface area contributed by atoms with Crippen LogP contribution in [0.3, 0.4) is 0 Å². The molecular weight excluding hydrogens is 308 g/mol. The summed E-state index contributed by atoms with van der Waals surface area (Å²) in [6.45, 7) is 0.893. The van der Waals surface area contributed by atoms with Gasteiger partial charge in [-0.05, 0) is 23.8 Å². The van der Waals surface area contributed by atoms with Gasteiger partial charge in [0.05, 0.1) is 5.69 Å². The quantitative estimate of drug-likeness (QED) is 0.651. The molecule has 0 amide bonds. The second-order valence-electron chi connectivity index (χ2n) is 4.52. The Balaban J connectivity index is 2.09. The zero-order chi connectivity index (χ0) is 15.6. The molecule has 1 aromatic carbocycles. The minimum atomic E-state index is -3.01. The molecule has 2 nitrogen and oxygen atoms in total. The number of halogens is 5. The van der Waals surface area contributed by atoms with E-state index < -0.39 is 22.6 Å². The maximum Gasteiger partial charge on any atom is 0.286 e. The van der Waals surface area contributed by atoms with E-state index in [9.17, 15) is 17.6 Å². The third-order valence-electron chi connectivity index (χ3n) is 2.79. The van der Waals surface area contributed by atoms with Crippen LogP contribution in [0.15, 0.2) is 30.5 Å². The summed E-state index contributed by atoms with van der Waals surface area (Å²) >= 11 is 5.45. The van der Waals surface area contributed by atoms with Crippen molar-refractivity contribution in [3.05, 3.63) is 58.4 Å². The second kappa shape index (κ2) is 5.89. The zero-order valence-corrected chi connectivity index (χ0v) is 11.7. The number of pyridine rings is 1. The van der Waals surface area contributed by atoms with E-state index in [-0.39, 0.29) is 17.9 Å². The minimum absolute atomic E-state index is 0.0197. The van der Waals surface area contributed by atoms with Crippen LogP contribution in [0.1, 0.15) is 18.2 Å². The third-order valence-corrected chi connectivity index (χ3v) is 3.14. The van der Waals surface area contributed by atoms with Crippen molar-refractivity contribution in [1.29, 1.82) is 0 Å². The molecule has 1 heterocycles. The molecule has 0 saturated heterocycles. The Bertz CT molecular complexity index is 639. The highest BCUT2D eigenvalue weighted by atomic mass is 35.5. The highest BCUT2D eigenvalue weighted by Gasteiger charge is 2.25. The number of aromatic nitrogens is 1. The molecule has 0 atom stereocenters. The predicted molar refractivity (Wildman–Crippen MR) is 72.5 cm³/mol. The molecule has 1 aromatic heterocycles. The molecule has 1 N–H and O–H groups in total. The molecule has 0 aliphatic rings. The number of hydrogen-bond acceptors (Lipinski definition) is 2. The van der Waals surface area contributed by atoms with Crippen molar-refractivity contribution in [3.8, 4) is 0 Å². The lowest BCUT2D eigenvalue weighted by Gasteiger charge is -2.11. The molecule has 0 spiro atoms. The molecule has 0 unspecified atom stereocenters. The van der Waals surface area contributed by atoms with Crippen LogP contribution in [0.5, 0.6) is 0 Å². The molecule has 0 aliphatic heterocycles. The minimum Gasteiger partial charge on any atom is -0.378 e. The van der Waals surface area contributed by atoms with E-state index in [4.69, 9.17) is 11.6 Å². The fourth-order valence-corrected chi connectivity index (χ4v) is 1.81. The first kappa shape index (κ1) is 15.6. The molecule has 7 heteroatoms. The van der Waals surface area contributed by atoms with Gasteiger partial charge in [0.1, 0.15) is 16.5 Å². The summed E-state index contributed by atoms with van der Waals surface area (Å²) in [5.74, 6) is -4.76. The first-order chi connectivity index (χ1) is 9.79. The Kier molecular flexibility index (Phi) is 4.37. The number of hydrogen-bond donors (Lipinski definition) is 1. The Morgan fingerprint density at radius 2 is 1.90 bits per heavy atom. The van der Waals surface area contributed by atoms with E-state index in [1.165, 1.54) is 24.4 Å². The summed E-state index contributed by atoms with van der Waals surface area (Å²) in [7, 11) is 0. The highest BCUT2D eigenvalue weighted by Crippen LogP contribution is 2.26. The number of anilines is 1. The van der Waals surface area contributed by atoms with Crippen molar-refractivity contribution in [2.75, 3.05) is 5.32 Å². The van der Waals surface area contributed by atoms with Gasteiger partial charge in [-0.15, -0.1) is 0 Å². The fourth-order valence-electron chi connectivity index (χ4n) is 1.65. The Morgan fingerprint density at radius 1 is 1.19 bits per heavy atom. The topological polar surface area (TPSA) is 24.9 Å². The van der Waals surface area contributed by atoms with Gasteiger partial charge in [-0.1, -0.05) is 17.7 Å². The van der Waals surface area contributed by atoms with Crippen LogP contribution in [0.25, 0.3) is 0 Å². The van der Waals surface area contributed by atoms with Crippen molar-refractivity contribution in [1.82, 2.24) is 4.98 Å². The number of benzene rings is 1. The van der Waals surface area contributed by atoms with Crippen LogP contribution < -0.4 is 5.32 Å². The van der Waals surface area contributed by atoms with Gasteiger partial charge >= 0.3 is 0 Å². The van der Waals surface area contributed by atoms with Gasteiger partial charge in [0.25, 0.3) is 5.92 Å². The number of nitrogens with one attached hydrogen (secondary N) is 1. The number of nitrogens with zero attached hydrogens (tertiary/aromatic N) is 1. The normalized spacial score (nSPS) is 11.5. The van der Waals surface area contributed by atoms with Crippen molar-refractivity contribution in [3.63, 3.8) is 0 Å². The summed E-state index contributed by atoms with van der Waals surface area (Å²) < 4.78 is 52.6. The van der Waals surface area contributed by atoms with Crippen LogP contribution in [0.4, 0.5) is 23.2 Å². The van der Waals surface area contributed by atoms with Gasteiger partial charge in [0, 0.05) is 19.7 Å². The van der Waals surface area contributed by atoms with E-state index in [1.54, 1.807) is 0 Å². The first-order valence-electron chi connectivity index (χ1n) is 5.99. The van der Waals surface area contributed by atoms with Gasteiger partial charge < -0.3 is 5.32 Å². The van der Waals surface area contributed by atoms with Gasteiger partial charge in [0.15, 0.2) is 5.82 Å². The van der Waals surface area contributed by atoms with Crippen LogP contribution in [-0.2, 0) is 12.5 Å². The van der Waals surface area contributed by atoms with E-state index in [0.717, 1.165) is 13.0 Å². The van der Waals surface area contributed by atoms with E-state index >= 15 is 0 Å². The Morgan fingerprint density at radius 3 is 2.48 bits per heavy atom. The van der Waals surface area contributed by atoms with Gasteiger partial charge in [0.2, 0.25) is 0 Å². The smallest absolute Gasteiger partial charge is 0.286 e. The molecular formula is C14H11ClF4N2. The number of rotatable bonds is 4. The average Bonchev–Trinajstić information content (AvgIpc) is 2.43. The summed E-state index contributed by atoms with van der Waals surface area (Å²) in [5, 5.41) is 2.10. The maximum absolute atomic E-state index is 13.6. The largest absolute Gasteiger partial charge is 0.378 e. The second-order valence-corrected chi connectivity index (χ2v) is 4.89. The maximum atomic E-state index is 13.6. The number of alkyl halides is 2. The SMILES string of the molecule is CC(F)(F)c1ccc(CNc2ccc(F)c(Cl)c2F)cn1. The molecule has 0 saturated carbocycles. The zero-order valence-electron chi connectivity index (χ0n) is 10.9. The molecule has 0 radical (unpaired) electrons. The van der Waals surface area contributed by atoms with E-state index in [2.05, 4.69) is 10.3 Å². The molecule has 0 bridgehead atoms. The summed E-state index contributed by atoms with van der Waals surface area (Å²) in [6, 6.07) is 4.89. The van der Waals surface area contributed by atoms with Gasteiger partial charge in [-0.3, -0.25) is 4.98 Å². The third kappa shape index (κ3) is 3.64. The lowest BCUT2D eigenvalue weighted by Crippen LogP contribution is -2.10. The Labute approximate surface area is 123 Å². The fraction of sp³-hybridized carbons (Fsp3) is 0.214. The van der Waals surface area contributed by atoms with Crippen LogP contribution >= 0.6 is 11.6 Å². The van der Waals surface area contributed by atoms with Crippen molar-refractivity contribution < 1.29 is 17.6 Å². The molecule has 21 heavy (non-hydrogen) atoms. The van der Waals surface area contributed by atoms with Crippen LogP contribution in [0.2, 0.25) is 5.02 Å². The van der Waals surface area contributed by atoms with Gasteiger partial charge in [-0.2, -0.15) is 8.78 Å². The van der Waals surface area contributed by atoms with Crippen LogP contribution in [0, 0.1) is 11.6 Å². The van der Waals surface area contributed by atoms with E-state index in [1.807, 2.05) is 0 Å². The van der Waals surface area contributed by atoms with Crippen molar-refractivity contribution in [2.45, 2.75) is 19.4 Å².